The largest absolute Gasteiger partial charge is 0.353 e. The second-order valence-corrected chi connectivity index (χ2v) is 11.4. The van der Waals surface area contributed by atoms with Crippen LogP contribution in [0.1, 0.15) is 54.9 Å². The van der Waals surface area contributed by atoms with Crippen LogP contribution >= 0.6 is 0 Å². The predicted octanol–water partition coefficient (Wildman–Crippen LogP) is 5.54. The van der Waals surface area contributed by atoms with Crippen molar-refractivity contribution in [3.8, 4) is 11.5 Å². The first-order valence-electron chi connectivity index (χ1n) is 14.2. The van der Waals surface area contributed by atoms with Gasteiger partial charge in [0, 0.05) is 49.8 Å². The number of imidazole rings is 1. The summed E-state index contributed by atoms with van der Waals surface area (Å²) in [6, 6.07) is 15.1. The van der Waals surface area contributed by atoms with Gasteiger partial charge in [0.05, 0.1) is 22.8 Å². The van der Waals surface area contributed by atoms with Gasteiger partial charge in [-0.15, -0.1) is 0 Å². The SMILES string of the molecule is CC(CN1CCc2cc3c(cc2C1=O)nc(-c1cc2ccccc2n1CC1CC1)n3C)OC1CCCCO1. The zero-order valence-corrected chi connectivity index (χ0v) is 22.4. The van der Waals surface area contributed by atoms with E-state index in [4.69, 9.17) is 14.5 Å². The van der Waals surface area contributed by atoms with Crippen LogP contribution in [0.4, 0.5) is 0 Å². The van der Waals surface area contributed by atoms with Gasteiger partial charge in [0.25, 0.3) is 5.91 Å². The van der Waals surface area contributed by atoms with Crippen LogP contribution in [0.15, 0.2) is 42.5 Å². The molecule has 4 heterocycles. The third-order valence-electron chi connectivity index (χ3n) is 8.45. The molecule has 1 saturated carbocycles. The van der Waals surface area contributed by atoms with Gasteiger partial charge in [-0.25, -0.2) is 4.98 Å². The molecule has 0 bridgehead atoms. The Kier molecular flexibility index (Phi) is 6.01. The molecule has 2 aromatic heterocycles. The lowest BCUT2D eigenvalue weighted by Gasteiger charge is -2.32. The quantitative estimate of drug-likeness (QED) is 0.326. The molecule has 2 fully saturated rings. The number of nitrogens with zero attached hydrogens (tertiary/aromatic N) is 4. The minimum atomic E-state index is -0.145. The van der Waals surface area contributed by atoms with Gasteiger partial charge >= 0.3 is 0 Å². The molecule has 0 radical (unpaired) electrons. The van der Waals surface area contributed by atoms with Crippen molar-refractivity contribution in [1.29, 1.82) is 0 Å². The van der Waals surface area contributed by atoms with E-state index >= 15 is 0 Å². The summed E-state index contributed by atoms with van der Waals surface area (Å²) in [5, 5.41) is 1.25. The molecule has 2 aromatic carbocycles. The summed E-state index contributed by atoms with van der Waals surface area (Å²) < 4.78 is 16.5. The first kappa shape index (κ1) is 23.9. The first-order valence-corrected chi connectivity index (χ1v) is 14.2. The minimum absolute atomic E-state index is 0.0674. The maximum Gasteiger partial charge on any atom is 0.254 e. The number of carbonyl (C=O) groups is 1. The maximum absolute atomic E-state index is 13.6. The highest BCUT2D eigenvalue weighted by Gasteiger charge is 2.29. The third kappa shape index (κ3) is 4.31. The Bertz CT molecular complexity index is 1510. The number of amides is 1. The number of rotatable bonds is 7. The molecule has 0 spiro atoms. The van der Waals surface area contributed by atoms with Crippen molar-refractivity contribution in [2.75, 3.05) is 19.7 Å². The molecule has 2 atom stereocenters. The van der Waals surface area contributed by atoms with E-state index in [1.807, 2.05) is 17.9 Å². The molecule has 198 valence electrons. The van der Waals surface area contributed by atoms with Crippen molar-refractivity contribution < 1.29 is 14.3 Å². The van der Waals surface area contributed by atoms with Crippen LogP contribution in [-0.2, 0) is 29.5 Å². The number of fused-ring (bicyclic) bond motifs is 3. The highest BCUT2D eigenvalue weighted by Crippen LogP contribution is 2.37. The molecular weight excluding hydrogens is 476 g/mol. The van der Waals surface area contributed by atoms with E-state index in [0.29, 0.717) is 13.1 Å². The number of hydrogen-bond acceptors (Lipinski definition) is 4. The first-order chi connectivity index (χ1) is 18.5. The van der Waals surface area contributed by atoms with Crippen LogP contribution in [0, 0.1) is 5.92 Å². The van der Waals surface area contributed by atoms with Gasteiger partial charge in [0.15, 0.2) is 12.1 Å². The second kappa shape index (κ2) is 9.54. The predicted molar refractivity (Wildman–Crippen MR) is 148 cm³/mol. The summed E-state index contributed by atoms with van der Waals surface area (Å²) in [6.07, 6.45) is 6.40. The molecule has 7 rings (SSSR count). The normalized spacial score (nSPS) is 20.8. The fourth-order valence-electron chi connectivity index (χ4n) is 6.20. The van der Waals surface area contributed by atoms with E-state index in [0.717, 1.165) is 78.4 Å². The lowest BCUT2D eigenvalue weighted by molar-refractivity contribution is -0.186. The van der Waals surface area contributed by atoms with E-state index in [2.05, 4.69) is 52.6 Å². The van der Waals surface area contributed by atoms with Crippen LogP contribution in [-0.4, -0.2) is 57.0 Å². The van der Waals surface area contributed by atoms with E-state index < -0.39 is 0 Å². The van der Waals surface area contributed by atoms with Crippen LogP contribution in [0.25, 0.3) is 33.5 Å². The number of aryl methyl sites for hydroxylation is 1. The van der Waals surface area contributed by atoms with Crippen LogP contribution in [0.5, 0.6) is 0 Å². The highest BCUT2D eigenvalue weighted by atomic mass is 16.7. The van der Waals surface area contributed by atoms with Crippen molar-refractivity contribution in [2.45, 2.75) is 64.4 Å². The topological polar surface area (TPSA) is 61.5 Å². The molecular formula is C31H36N4O3. The molecule has 1 saturated heterocycles. The Hall–Kier alpha value is -3.16. The number of benzene rings is 2. The van der Waals surface area contributed by atoms with Crippen molar-refractivity contribution in [3.05, 3.63) is 53.6 Å². The van der Waals surface area contributed by atoms with Crippen LogP contribution < -0.4 is 0 Å². The van der Waals surface area contributed by atoms with Gasteiger partial charge in [0.1, 0.15) is 0 Å². The summed E-state index contributed by atoms with van der Waals surface area (Å²) in [7, 11) is 2.10. The summed E-state index contributed by atoms with van der Waals surface area (Å²) >= 11 is 0. The smallest absolute Gasteiger partial charge is 0.254 e. The van der Waals surface area contributed by atoms with Crippen molar-refractivity contribution in [1.82, 2.24) is 19.0 Å². The summed E-state index contributed by atoms with van der Waals surface area (Å²) in [4.78, 5) is 20.6. The third-order valence-corrected chi connectivity index (χ3v) is 8.45. The molecule has 4 aromatic rings. The highest BCUT2D eigenvalue weighted by molar-refractivity contribution is 6.00. The number of aromatic nitrogens is 3. The van der Waals surface area contributed by atoms with Gasteiger partial charge in [-0.1, -0.05) is 18.2 Å². The standard InChI is InChI=1S/C31H36N4O3/c1-20(38-29-9-5-6-14-37-29)18-34-13-12-22-15-27-25(17-24(22)31(34)36)32-30(33(27)2)28-16-23-7-3-4-8-26(23)35(28)19-21-10-11-21/h3-4,7-8,15-17,20-21,29H,5-6,9-14,18-19H2,1-2H3. The second-order valence-electron chi connectivity index (χ2n) is 11.4. The molecule has 2 aliphatic heterocycles. The summed E-state index contributed by atoms with van der Waals surface area (Å²) in [5.74, 6) is 1.78. The molecule has 0 N–H and O–H groups in total. The fourth-order valence-corrected chi connectivity index (χ4v) is 6.20. The Morgan fingerprint density at radius 2 is 1.97 bits per heavy atom. The Balaban J connectivity index is 1.19. The zero-order valence-electron chi connectivity index (χ0n) is 22.4. The minimum Gasteiger partial charge on any atom is -0.353 e. The van der Waals surface area contributed by atoms with Crippen LogP contribution in [0.3, 0.4) is 0 Å². The molecule has 2 unspecified atom stereocenters. The van der Waals surface area contributed by atoms with E-state index in [1.54, 1.807) is 0 Å². The number of para-hydroxylation sites is 1. The van der Waals surface area contributed by atoms with Crippen molar-refractivity contribution in [3.63, 3.8) is 0 Å². The molecule has 1 aliphatic carbocycles. The maximum atomic E-state index is 13.6. The van der Waals surface area contributed by atoms with E-state index in [1.165, 1.54) is 23.7 Å². The Morgan fingerprint density at radius 1 is 1.11 bits per heavy atom. The fraction of sp³-hybridized carbons (Fsp3) is 0.484. The monoisotopic (exact) mass is 512 g/mol. The van der Waals surface area contributed by atoms with Gasteiger partial charge in [0.2, 0.25) is 0 Å². The van der Waals surface area contributed by atoms with Crippen molar-refractivity contribution in [2.24, 2.45) is 13.0 Å². The average Bonchev–Trinajstić information content (AvgIpc) is 3.60. The number of ether oxygens (including phenoxy) is 2. The van der Waals surface area contributed by atoms with Gasteiger partial charge in [-0.05, 0) is 81.2 Å². The van der Waals surface area contributed by atoms with Crippen molar-refractivity contribution >= 4 is 27.8 Å². The molecule has 38 heavy (non-hydrogen) atoms. The van der Waals surface area contributed by atoms with Crippen LogP contribution in [0.2, 0.25) is 0 Å². The van der Waals surface area contributed by atoms with Gasteiger partial charge in [-0.2, -0.15) is 0 Å². The Labute approximate surface area is 223 Å². The number of carbonyl (C=O) groups excluding carboxylic acids is 1. The molecule has 1 amide bonds. The average molecular weight is 513 g/mol. The molecule has 7 heteroatoms. The summed E-state index contributed by atoms with van der Waals surface area (Å²) in [6.45, 7) is 5.11. The lowest BCUT2D eigenvalue weighted by Crippen LogP contribution is -2.43. The lowest BCUT2D eigenvalue weighted by atomic mass is 9.98. The Morgan fingerprint density at radius 3 is 2.79 bits per heavy atom. The summed E-state index contributed by atoms with van der Waals surface area (Å²) in [5.41, 5.74) is 6.25. The molecule has 7 nitrogen and oxygen atoms in total. The molecule has 3 aliphatic rings. The zero-order chi connectivity index (χ0) is 25.8. The van der Waals surface area contributed by atoms with Gasteiger partial charge < -0.3 is 23.5 Å². The van der Waals surface area contributed by atoms with E-state index in [-0.39, 0.29) is 18.3 Å². The number of hydrogen-bond donors (Lipinski definition) is 0. The van der Waals surface area contributed by atoms with Gasteiger partial charge in [-0.3, -0.25) is 4.79 Å². The van der Waals surface area contributed by atoms with E-state index in [9.17, 15) is 4.79 Å².